The van der Waals surface area contributed by atoms with Crippen molar-refractivity contribution < 1.29 is 8.78 Å². The number of rotatable bonds is 3. The summed E-state index contributed by atoms with van der Waals surface area (Å²) in [4.78, 5) is 3.85. The molecule has 0 bridgehead atoms. The molecule has 0 atom stereocenters. The molecule has 2 aromatic rings. The van der Waals surface area contributed by atoms with Crippen molar-refractivity contribution in [1.82, 2.24) is 4.98 Å². The van der Waals surface area contributed by atoms with Crippen LogP contribution in [0.4, 0.5) is 14.6 Å². The zero-order valence-corrected chi connectivity index (χ0v) is 10.3. The van der Waals surface area contributed by atoms with E-state index >= 15 is 0 Å². The molecule has 1 heterocycles. The van der Waals surface area contributed by atoms with Crippen LogP contribution in [0.3, 0.4) is 0 Å². The second kappa shape index (κ2) is 5.23. The number of pyridine rings is 1. The molecule has 2 rings (SSSR count). The molecule has 2 nitrogen and oxygen atoms in total. The Morgan fingerprint density at radius 1 is 1.12 bits per heavy atom. The normalized spacial score (nSPS) is 10.3. The van der Waals surface area contributed by atoms with Crippen LogP contribution in [0.1, 0.15) is 5.56 Å². The van der Waals surface area contributed by atoms with Crippen LogP contribution in [0, 0.1) is 11.6 Å². The Morgan fingerprint density at radius 2 is 1.88 bits per heavy atom. The van der Waals surface area contributed by atoms with Crippen LogP contribution in [-0.4, -0.2) is 4.98 Å². The van der Waals surface area contributed by atoms with Gasteiger partial charge in [-0.3, -0.25) is 0 Å². The lowest BCUT2D eigenvalue weighted by Gasteiger charge is -2.07. The Hall–Kier alpha value is -1.49. The number of nitrogens with one attached hydrogen (secondary N) is 1. The maximum atomic E-state index is 13.0. The van der Waals surface area contributed by atoms with Crippen LogP contribution in [0.25, 0.3) is 0 Å². The molecule has 0 aliphatic carbocycles. The van der Waals surface area contributed by atoms with Crippen LogP contribution >= 0.6 is 15.9 Å². The van der Waals surface area contributed by atoms with E-state index in [0.29, 0.717) is 12.4 Å². The van der Waals surface area contributed by atoms with Crippen LogP contribution in [-0.2, 0) is 6.54 Å². The van der Waals surface area contributed by atoms with Crippen molar-refractivity contribution >= 4 is 21.7 Å². The molecule has 1 N–H and O–H groups in total. The molecular weight excluding hydrogens is 290 g/mol. The van der Waals surface area contributed by atoms with Gasteiger partial charge in [-0.1, -0.05) is 15.9 Å². The van der Waals surface area contributed by atoms with E-state index in [0.717, 1.165) is 16.2 Å². The van der Waals surface area contributed by atoms with Crippen LogP contribution in [0.15, 0.2) is 41.0 Å². The highest BCUT2D eigenvalue weighted by atomic mass is 79.9. The summed E-state index contributed by atoms with van der Waals surface area (Å²) < 4.78 is 26.4. The molecule has 88 valence electrons. The summed E-state index contributed by atoms with van der Waals surface area (Å²) in [5.41, 5.74) is 0.774. The van der Waals surface area contributed by atoms with Crippen LogP contribution in [0.2, 0.25) is 0 Å². The van der Waals surface area contributed by atoms with Crippen LogP contribution < -0.4 is 5.32 Å². The minimum atomic E-state index is -0.387. The number of hydrogen-bond acceptors (Lipinski definition) is 2. The number of anilines is 1. The standard InChI is InChI=1S/C12H9BrF2N2/c13-11-3-1-9(14)5-8(11)6-16-12-4-2-10(15)7-17-12/h1-5,7H,6H2,(H,16,17). The van der Waals surface area contributed by atoms with Crippen molar-refractivity contribution in [2.45, 2.75) is 6.54 Å². The predicted molar refractivity (Wildman–Crippen MR) is 65.6 cm³/mol. The van der Waals surface area contributed by atoms with Gasteiger partial charge in [0, 0.05) is 11.0 Å². The lowest BCUT2D eigenvalue weighted by Crippen LogP contribution is -2.02. The Labute approximate surface area is 106 Å². The number of nitrogens with zero attached hydrogens (tertiary/aromatic N) is 1. The molecule has 1 aromatic carbocycles. The average molecular weight is 299 g/mol. The van der Waals surface area contributed by atoms with E-state index < -0.39 is 0 Å². The van der Waals surface area contributed by atoms with E-state index in [2.05, 4.69) is 26.2 Å². The summed E-state index contributed by atoms with van der Waals surface area (Å²) in [7, 11) is 0. The zero-order valence-electron chi connectivity index (χ0n) is 8.75. The van der Waals surface area contributed by atoms with Gasteiger partial charge in [-0.15, -0.1) is 0 Å². The van der Waals surface area contributed by atoms with Gasteiger partial charge in [-0.2, -0.15) is 0 Å². The molecule has 0 saturated carbocycles. The van der Waals surface area contributed by atoms with E-state index in [1.54, 1.807) is 6.07 Å². The van der Waals surface area contributed by atoms with Gasteiger partial charge in [-0.05, 0) is 35.9 Å². The van der Waals surface area contributed by atoms with Crippen molar-refractivity contribution in [3.8, 4) is 0 Å². The first-order valence-corrected chi connectivity index (χ1v) is 5.74. The van der Waals surface area contributed by atoms with Gasteiger partial charge in [0.25, 0.3) is 0 Å². The maximum Gasteiger partial charge on any atom is 0.141 e. The lowest BCUT2D eigenvalue weighted by atomic mass is 10.2. The number of aromatic nitrogens is 1. The summed E-state index contributed by atoms with van der Waals surface area (Å²) in [6, 6.07) is 7.30. The Bertz CT molecular complexity index is 514. The third-order valence-corrected chi connectivity index (χ3v) is 2.97. The third kappa shape index (κ3) is 3.23. The van der Waals surface area contributed by atoms with Gasteiger partial charge in [0.15, 0.2) is 0 Å². The molecule has 0 fully saturated rings. The minimum absolute atomic E-state index is 0.294. The Morgan fingerprint density at radius 3 is 2.59 bits per heavy atom. The van der Waals surface area contributed by atoms with E-state index in [1.165, 1.54) is 24.3 Å². The second-order valence-corrected chi connectivity index (χ2v) is 4.31. The first-order chi connectivity index (χ1) is 8.15. The van der Waals surface area contributed by atoms with E-state index in [1.807, 2.05) is 0 Å². The third-order valence-electron chi connectivity index (χ3n) is 2.20. The molecule has 0 radical (unpaired) electrons. The highest BCUT2D eigenvalue weighted by Gasteiger charge is 2.02. The van der Waals surface area contributed by atoms with Crippen molar-refractivity contribution in [3.05, 3.63) is 58.2 Å². The first-order valence-electron chi connectivity index (χ1n) is 4.94. The molecule has 0 saturated heterocycles. The fraction of sp³-hybridized carbons (Fsp3) is 0.0833. The number of benzene rings is 1. The SMILES string of the molecule is Fc1ccc(NCc2cc(F)ccc2Br)nc1. The van der Waals surface area contributed by atoms with Gasteiger partial charge >= 0.3 is 0 Å². The first kappa shape index (κ1) is 12.0. The van der Waals surface area contributed by atoms with Gasteiger partial charge in [0.2, 0.25) is 0 Å². The summed E-state index contributed by atoms with van der Waals surface area (Å²) in [5, 5.41) is 2.98. The molecule has 0 unspecified atom stereocenters. The van der Waals surface area contributed by atoms with Crippen molar-refractivity contribution in [3.63, 3.8) is 0 Å². The largest absolute Gasteiger partial charge is 0.366 e. The number of hydrogen-bond donors (Lipinski definition) is 1. The quantitative estimate of drug-likeness (QED) is 0.934. The molecular formula is C12H9BrF2N2. The van der Waals surface area contributed by atoms with E-state index in [9.17, 15) is 8.78 Å². The highest BCUT2D eigenvalue weighted by Crippen LogP contribution is 2.18. The van der Waals surface area contributed by atoms with E-state index in [4.69, 9.17) is 0 Å². The summed E-state index contributed by atoms with van der Waals surface area (Å²) in [5.74, 6) is -0.137. The fourth-order valence-corrected chi connectivity index (χ4v) is 1.73. The second-order valence-electron chi connectivity index (χ2n) is 3.45. The maximum absolute atomic E-state index is 13.0. The minimum Gasteiger partial charge on any atom is -0.366 e. The van der Waals surface area contributed by atoms with Gasteiger partial charge in [0.05, 0.1) is 6.20 Å². The Kier molecular flexibility index (Phi) is 3.68. The van der Waals surface area contributed by atoms with Gasteiger partial charge in [-0.25, -0.2) is 13.8 Å². The van der Waals surface area contributed by atoms with E-state index in [-0.39, 0.29) is 11.6 Å². The summed E-state index contributed by atoms with van der Waals surface area (Å²) in [6.07, 6.45) is 1.13. The van der Waals surface area contributed by atoms with Crippen molar-refractivity contribution in [2.75, 3.05) is 5.32 Å². The average Bonchev–Trinajstić information content (AvgIpc) is 2.32. The smallest absolute Gasteiger partial charge is 0.141 e. The summed E-state index contributed by atoms with van der Waals surface area (Å²) in [6.45, 7) is 0.414. The molecule has 0 spiro atoms. The molecule has 0 amide bonds. The van der Waals surface area contributed by atoms with Gasteiger partial charge < -0.3 is 5.32 Å². The molecule has 17 heavy (non-hydrogen) atoms. The zero-order chi connectivity index (χ0) is 12.3. The predicted octanol–water partition coefficient (Wildman–Crippen LogP) is 3.73. The topological polar surface area (TPSA) is 24.9 Å². The molecule has 1 aromatic heterocycles. The number of halogens is 3. The molecule has 5 heteroatoms. The molecule has 0 aliphatic heterocycles. The molecule has 0 aliphatic rings. The van der Waals surface area contributed by atoms with Crippen molar-refractivity contribution in [2.24, 2.45) is 0 Å². The van der Waals surface area contributed by atoms with Gasteiger partial charge in [0.1, 0.15) is 17.5 Å². The monoisotopic (exact) mass is 298 g/mol. The Balaban J connectivity index is 2.07. The lowest BCUT2D eigenvalue weighted by molar-refractivity contribution is 0.621. The summed E-state index contributed by atoms with van der Waals surface area (Å²) >= 11 is 3.33. The highest BCUT2D eigenvalue weighted by molar-refractivity contribution is 9.10. The van der Waals surface area contributed by atoms with Crippen molar-refractivity contribution in [1.29, 1.82) is 0 Å². The van der Waals surface area contributed by atoms with Crippen LogP contribution in [0.5, 0.6) is 0 Å². The fourth-order valence-electron chi connectivity index (χ4n) is 1.34.